The molecule has 0 spiro atoms. The summed E-state index contributed by atoms with van der Waals surface area (Å²) in [6.07, 6.45) is 7.62. The second kappa shape index (κ2) is 5.18. The Morgan fingerprint density at radius 1 is 1.56 bits per heavy atom. The molecule has 2 atom stereocenters. The fraction of sp³-hybridized carbons (Fsp3) is 0.615. The average Bonchev–Trinajstić information content (AvgIpc) is 2.74. The van der Waals surface area contributed by atoms with Gasteiger partial charge in [0.25, 0.3) is 0 Å². The molecule has 0 aromatic carbocycles. The molecule has 1 aliphatic rings. The highest BCUT2D eigenvalue weighted by atomic mass is 15.1. The first-order chi connectivity index (χ1) is 7.81. The fourth-order valence-electron chi connectivity index (χ4n) is 2.29. The van der Waals surface area contributed by atoms with E-state index >= 15 is 0 Å². The molecule has 1 aromatic heterocycles. The lowest BCUT2D eigenvalue weighted by atomic mass is 9.97. The maximum atomic E-state index is 4.23. The number of rotatable bonds is 2. The second-order valence-electron chi connectivity index (χ2n) is 4.42. The zero-order valence-electron chi connectivity index (χ0n) is 10.0. The normalized spacial score (nSPS) is 24.9. The lowest BCUT2D eigenvalue weighted by Gasteiger charge is -2.29. The Morgan fingerprint density at radius 2 is 2.44 bits per heavy atom. The molecule has 1 aliphatic heterocycles. The van der Waals surface area contributed by atoms with Crippen molar-refractivity contribution in [1.29, 1.82) is 0 Å². The fourth-order valence-corrected chi connectivity index (χ4v) is 2.29. The van der Waals surface area contributed by atoms with Gasteiger partial charge in [-0.25, -0.2) is 4.98 Å². The predicted molar refractivity (Wildman–Crippen MR) is 64.9 cm³/mol. The van der Waals surface area contributed by atoms with E-state index in [0.717, 1.165) is 6.54 Å². The molecule has 3 heteroatoms. The van der Waals surface area contributed by atoms with E-state index in [1.165, 1.54) is 25.0 Å². The molecule has 0 aliphatic carbocycles. The van der Waals surface area contributed by atoms with Crippen LogP contribution in [0.4, 0.5) is 0 Å². The zero-order chi connectivity index (χ0) is 11.4. The van der Waals surface area contributed by atoms with Crippen LogP contribution in [0.25, 0.3) is 0 Å². The highest BCUT2D eigenvalue weighted by Crippen LogP contribution is 2.25. The summed E-state index contributed by atoms with van der Waals surface area (Å²) >= 11 is 0. The number of piperidine rings is 1. The van der Waals surface area contributed by atoms with Crippen LogP contribution in [0.1, 0.15) is 44.8 Å². The summed E-state index contributed by atoms with van der Waals surface area (Å²) in [4.78, 5) is 4.23. The summed E-state index contributed by atoms with van der Waals surface area (Å²) in [6.45, 7) is 4.87. The van der Waals surface area contributed by atoms with Gasteiger partial charge in [0.2, 0.25) is 0 Å². The first kappa shape index (κ1) is 11.2. The lowest BCUT2D eigenvalue weighted by Crippen LogP contribution is -2.35. The number of hydrogen-bond donors (Lipinski definition) is 1. The first-order valence-electron chi connectivity index (χ1n) is 5.97. The van der Waals surface area contributed by atoms with Gasteiger partial charge < -0.3 is 9.88 Å². The maximum Gasteiger partial charge on any atom is 0.0957 e. The Hall–Kier alpha value is -1.27. The molecule has 86 valence electrons. The van der Waals surface area contributed by atoms with Crippen LogP contribution in [0.2, 0.25) is 0 Å². The van der Waals surface area contributed by atoms with Crippen LogP contribution in [0.5, 0.6) is 0 Å². The third kappa shape index (κ3) is 2.45. The van der Waals surface area contributed by atoms with E-state index in [2.05, 4.69) is 33.6 Å². The first-order valence-corrected chi connectivity index (χ1v) is 5.97. The Labute approximate surface area is 97.3 Å². The number of imidazole rings is 1. The molecule has 1 aromatic rings. The molecule has 2 unspecified atom stereocenters. The third-order valence-corrected chi connectivity index (χ3v) is 3.14. The molecule has 2 rings (SSSR count). The van der Waals surface area contributed by atoms with Crippen molar-refractivity contribution in [3.63, 3.8) is 0 Å². The van der Waals surface area contributed by atoms with Crippen molar-refractivity contribution in [3.8, 4) is 11.8 Å². The van der Waals surface area contributed by atoms with Gasteiger partial charge in [-0.2, -0.15) is 0 Å². The maximum absolute atomic E-state index is 4.23. The topological polar surface area (TPSA) is 29.9 Å². The van der Waals surface area contributed by atoms with Crippen LogP contribution < -0.4 is 5.32 Å². The van der Waals surface area contributed by atoms with Gasteiger partial charge in [-0.05, 0) is 33.1 Å². The van der Waals surface area contributed by atoms with E-state index in [1.807, 2.05) is 19.4 Å². The van der Waals surface area contributed by atoms with Crippen molar-refractivity contribution >= 4 is 0 Å². The Bertz CT molecular complexity index is 397. The van der Waals surface area contributed by atoms with Crippen molar-refractivity contribution in [2.24, 2.45) is 0 Å². The lowest BCUT2D eigenvalue weighted by molar-refractivity contribution is 0.331. The zero-order valence-corrected chi connectivity index (χ0v) is 10.0. The largest absolute Gasteiger partial charge is 0.321 e. The van der Waals surface area contributed by atoms with Crippen LogP contribution in [0.3, 0.4) is 0 Å². The van der Waals surface area contributed by atoms with Gasteiger partial charge in [-0.3, -0.25) is 0 Å². The number of aromatic nitrogens is 2. The van der Waals surface area contributed by atoms with Gasteiger partial charge in [0.1, 0.15) is 0 Å². The van der Waals surface area contributed by atoms with E-state index < -0.39 is 0 Å². The van der Waals surface area contributed by atoms with Crippen LogP contribution in [0.15, 0.2) is 12.5 Å². The summed E-state index contributed by atoms with van der Waals surface area (Å²) in [5.41, 5.74) is 1.27. The second-order valence-corrected chi connectivity index (χ2v) is 4.42. The minimum Gasteiger partial charge on any atom is -0.321 e. The van der Waals surface area contributed by atoms with Gasteiger partial charge in [0.05, 0.1) is 18.6 Å². The van der Waals surface area contributed by atoms with Crippen molar-refractivity contribution < 1.29 is 0 Å². The van der Waals surface area contributed by atoms with Crippen LogP contribution in [0, 0.1) is 11.8 Å². The van der Waals surface area contributed by atoms with Crippen molar-refractivity contribution in [3.05, 3.63) is 18.2 Å². The molecule has 1 saturated heterocycles. The van der Waals surface area contributed by atoms with Gasteiger partial charge in [0, 0.05) is 18.3 Å². The highest BCUT2D eigenvalue weighted by molar-refractivity contribution is 5.09. The summed E-state index contributed by atoms with van der Waals surface area (Å²) in [5.74, 6) is 6.01. The monoisotopic (exact) mass is 217 g/mol. The standard InChI is InChI=1S/C13H19N3/c1-3-4-8-16-10-14-9-13(16)12-7-5-6-11(2)15-12/h9-12,15H,5-8H2,1-2H3. The average molecular weight is 217 g/mol. The molecular weight excluding hydrogens is 198 g/mol. The number of hydrogen-bond acceptors (Lipinski definition) is 2. The van der Waals surface area contributed by atoms with Crippen molar-refractivity contribution in [1.82, 2.24) is 14.9 Å². The van der Waals surface area contributed by atoms with Crippen molar-refractivity contribution in [2.45, 2.75) is 51.7 Å². The minimum absolute atomic E-state index is 0.449. The molecule has 3 nitrogen and oxygen atoms in total. The van der Waals surface area contributed by atoms with Gasteiger partial charge >= 0.3 is 0 Å². The Morgan fingerprint density at radius 3 is 3.19 bits per heavy atom. The molecule has 1 fully saturated rings. The molecular formula is C13H19N3. The Balaban J connectivity index is 2.12. The van der Waals surface area contributed by atoms with Gasteiger partial charge in [0.15, 0.2) is 0 Å². The smallest absolute Gasteiger partial charge is 0.0957 e. The molecule has 2 heterocycles. The van der Waals surface area contributed by atoms with Crippen LogP contribution in [-0.2, 0) is 6.54 Å². The predicted octanol–water partition coefficient (Wildman–Crippen LogP) is 2.11. The Kier molecular flexibility index (Phi) is 3.63. The van der Waals surface area contributed by atoms with Gasteiger partial charge in [-0.15, -0.1) is 5.92 Å². The number of nitrogens with zero attached hydrogens (tertiary/aromatic N) is 2. The molecule has 0 radical (unpaired) electrons. The summed E-state index contributed by atoms with van der Waals surface area (Å²) in [5, 5.41) is 3.63. The SMILES string of the molecule is CC#CCn1cncc1C1CCCC(C)N1. The van der Waals surface area contributed by atoms with Gasteiger partial charge in [-0.1, -0.05) is 5.92 Å². The van der Waals surface area contributed by atoms with E-state index in [4.69, 9.17) is 0 Å². The summed E-state index contributed by atoms with van der Waals surface area (Å²) in [7, 11) is 0. The molecule has 16 heavy (non-hydrogen) atoms. The third-order valence-electron chi connectivity index (χ3n) is 3.14. The highest BCUT2D eigenvalue weighted by Gasteiger charge is 2.21. The van der Waals surface area contributed by atoms with E-state index in [9.17, 15) is 0 Å². The number of nitrogens with one attached hydrogen (secondary N) is 1. The van der Waals surface area contributed by atoms with Crippen LogP contribution in [-0.4, -0.2) is 15.6 Å². The quantitative estimate of drug-likeness (QED) is 0.769. The molecule has 0 amide bonds. The van der Waals surface area contributed by atoms with E-state index in [0.29, 0.717) is 12.1 Å². The molecule has 1 N–H and O–H groups in total. The summed E-state index contributed by atoms with van der Waals surface area (Å²) < 4.78 is 2.15. The van der Waals surface area contributed by atoms with E-state index in [1.54, 1.807) is 0 Å². The van der Waals surface area contributed by atoms with Crippen molar-refractivity contribution in [2.75, 3.05) is 0 Å². The van der Waals surface area contributed by atoms with E-state index in [-0.39, 0.29) is 0 Å². The minimum atomic E-state index is 0.449. The van der Waals surface area contributed by atoms with Crippen LogP contribution >= 0.6 is 0 Å². The molecule has 0 saturated carbocycles. The summed E-state index contributed by atoms with van der Waals surface area (Å²) in [6, 6.07) is 1.06. The molecule has 0 bridgehead atoms.